The van der Waals surface area contributed by atoms with Gasteiger partial charge in [-0.3, -0.25) is 4.79 Å². The first-order valence-electron chi connectivity index (χ1n) is 9.04. The number of nitrogens with one attached hydrogen (secondary N) is 1. The average Bonchev–Trinajstić information content (AvgIpc) is 3.20. The minimum absolute atomic E-state index is 0.149. The normalized spacial score (nSPS) is 13.0. The number of ether oxygens (including phenoxy) is 4. The Bertz CT molecular complexity index is 1090. The first-order valence-corrected chi connectivity index (χ1v) is 9.04. The SMILES string of the molecule is COc1ccc(C(=O)O[C@@H](C)C(=O)Nc2ccc3c(c2)OCO3)c2ccccc12. The lowest BCUT2D eigenvalue weighted by atomic mass is 10.0. The number of esters is 1. The third-order valence-corrected chi connectivity index (χ3v) is 4.62. The highest BCUT2D eigenvalue weighted by atomic mass is 16.7. The molecular weight excluding hydrogens is 374 g/mol. The van der Waals surface area contributed by atoms with E-state index in [9.17, 15) is 9.59 Å². The van der Waals surface area contributed by atoms with E-state index >= 15 is 0 Å². The van der Waals surface area contributed by atoms with Crippen LogP contribution in [0.15, 0.2) is 54.6 Å². The Kier molecular flexibility index (Phi) is 4.95. The zero-order valence-corrected chi connectivity index (χ0v) is 15.9. The van der Waals surface area contributed by atoms with Gasteiger partial charge < -0.3 is 24.3 Å². The van der Waals surface area contributed by atoms with Crippen molar-refractivity contribution in [1.82, 2.24) is 0 Å². The van der Waals surface area contributed by atoms with Gasteiger partial charge in [-0.25, -0.2) is 4.79 Å². The zero-order valence-electron chi connectivity index (χ0n) is 15.9. The smallest absolute Gasteiger partial charge is 0.339 e. The van der Waals surface area contributed by atoms with Gasteiger partial charge >= 0.3 is 5.97 Å². The van der Waals surface area contributed by atoms with Gasteiger partial charge in [-0.15, -0.1) is 0 Å². The fraction of sp³-hybridized carbons (Fsp3) is 0.182. The van der Waals surface area contributed by atoms with E-state index in [-0.39, 0.29) is 6.79 Å². The molecule has 3 aromatic carbocycles. The second kappa shape index (κ2) is 7.71. The Labute approximate surface area is 167 Å². The minimum Gasteiger partial charge on any atom is -0.496 e. The lowest BCUT2D eigenvalue weighted by molar-refractivity contribution is -0.123. The summed E-state index contributed by atoms with van der Waals surface area (Å²) < 4.78 is 21.3. The van der Waals surface area contributed by atoms with Crippen molar-refractivity contribution in [2.45, 2.75) is 13.0 Å². The van der Waals surface area contributed by atoms with Crippen molar-refractivity contribution in [2.75, 3.05) is 19.2 Å². The largest absolute Gasteiger partial charge is 0.496 e. The summed E-state index contributed by atoms with van der Waals surface area (Å²) in [4.78, 5) is 25.2. The summed E-state index contributed by atoms with van der Waals surface area (Å²) >= 11 is 0. The van der Waals surface area contributed by atoms with Gasteiger partial charge in [0.05, 0.1) is 12.7 Å². The van der Waals surface area contributed by atoms with E-state index < -0.39 is 18.0 Å². The Balaban J connectivity index is 1.48. The van der Waals surface area contributed by atoms with Crippen LogP contribution in [0.5, 0.6) is 17.2 Å². The molecule has 1 heterocycles. The van der Waals surface area contributed by atoms with Crippen LogP contribution in [0.3, 0.4) is 0 Å². The van der Waals surface area contributed by atoms with Crippen molar-refractivity contribution in [3.8, 4) is 17.2 Å². The van der Waals surface area contributed by atoms with Gasteiger partial charge in [0.15, 0.2) is 17.6 Å². The van der Waals surface area contributed by atoms with Gasteiger partial charge in [-0.2, -0.15) is 0 Å². The molecule has 148 valence electrons. The maximum Gasteiger partial charge on any atom is 0.339 e. The molecule has 1 N–H and O–H groups in total. The van der Waals surface area contributed by atoms with E-state index in [1.165, 1.54) is 6.92 Å². The lowest BCUT2D eigenvalue weighted by Crippen LogP contribution is -2.30. The van der Waals surface area contributed by atoms with Crippen molar-refractivity contribution < 1.29 is 28.5 Å². The number of benzene rings is 3. The molecule has 1 amide bonds. The second-order valence-electron chi connectivity index (χ2n) is 6.47. The van der Waals surface area contributed by atoms with E-state index in [0.29, 0.717) is 33.9 Å². The van der Waals surface area contributed by atoms with E-state index in [1.54, 1.807) is 37.4 Å². The number of fused-ring (bicyclic) bond motifs is 2. The van der Waals surface area contributed by atoms with Gasteiger partial charge in [0.25, 0.3) is 5.91 Å². The first-order chi connectivity index (χ1) is 14.1. The molecule has 0 aliphatic carbocycles. The molecule has 1 atom stereocenters. The molecule has 29 heavy (non-hydrogen) atoms. The molecule has 3 aromatic rings. The number of methoxy groups -OCH3 is 1. The summed E-state index contributed by atoms with van der Waals surface area (Å²) in [6.07, 6.45) is -0.992. The Hall–Kier alpha value is -3.74. The van der Waals surface area contributed by atoms with Crippen LogP contribution < -0.4 is 19.5 Å². The monoisotopic (exact) mass is 393 g/mol. The first kappa shape index (κ1) is 18.6. The summed E-state index contributed by atoms with van der Waals surface area (Å²) in [5, 5.41) is 4.20. The standard InChI is InChI=1S/C22H19NO6/c1-13(21(24)23-14-7-9-19-20(11-14)28-12-27-19)29-22(25)17-8-10-18(26-2)16-6-4-3-5-15(16)17/h3-11,13H,12H2,1-2H3,(H,23,24)/t13-/m0/s1. The van der Waals surface area contributed by atoms with Crippen LogP contribution in [-0.2, 0) is 9.53 Å². The van der Waals surface area contributed by atoms with Crippen LogP contribution in [-0.4, -0.2) is 31.9 Å². The molecule has 4 rings (SSSR count). The summed E-state index contributed by atoms with van der Waals surface area (Å²) in [7, 11) is 1.57. The topological polar surface area (TPSA) is 83.1 Å². The molecule has 1 aliphatic rings. The molecule has 0 radical (unpaired) electrons. The van der Waals surface area contributed by atoms with E-state index in [0.717, 1.165) is 5.39 Å². The number of carbonyl (C=O) groups excluding carboxylic acids is 2. The molecule has 7 heteroatoms. The zero-order chi connectivity index (χ0) is 20.4. The lowest BCUT2D eigenvalue weighted by Gasteiger charge is -2.15. The highest BCUT2D eigenvalue weighted by molar-refractivity contribution is 6.07. The highest BCUT2D eigenvalue weighted by Crippen LogP contribution is 2.34. The molecule has 0 fully saturated rings. The molecule has 0 aromatic heterocycles. The molecule has 0 saturated heterocycles. The minimum atomic E-state index is -0.992. The summed E-state index contributed by atoms with van der Waals surface area (Å²) in [5.74, 6) is 0.795. The molecular formula is C22H19NO6. The van der Waals surface area contributed by atoms with Gasteiger partial charge in [0.2, 0.25) is 6.79 Å². The fourth-order valence-electron chi connectivity index (χ4n) is 3.12. The predicted octanol–water partition coefficient (Wildman–Crippen LogP) is 3.76. The number of anilines is 1. The number of hydrogen-bond donors (Lipinski definition) is 1. The van der Waals surface area contributed by atoms with Gasteiger partial charge in [-0.1, -0.05) is 24.3 Å². The Morgan fingerprint density at radius 1 is 1.00 bits per heavy atom. The number of hydrogen-bond acceptors (Lipinski definition) is 6. The molecule has 1 aliphatic heterocycles. The van der Waals surface area contributed by atoms with E-state index in [2.05, 4.69) is 5.32 Å². The van der Waals surface area contributed by atoms with Crippen LogP contribution in [0.4, 0.5) is 5.69 Å². The van der Waals surface area contributed by atoms with E-state index in [1.807, 2.05) is 24.3 Å². The number of amides is 1. The van der Waals surface area contributed by atoms with Crippen molar-refractivity contribution in [2.24, 2.45) is 0 Å². The maximum atomic E-state index is 12.7. The van der Waals surface area contributed by atoms with Crippen LogP contribution in [0.2, 0.25) is 0 Å². The van der Waals surface area contributed by atoms with Crippen LogP contribution in [0.1, 0.15) is 17.3 Å². The molecule has 7 nitrogen and oxygen atoms in total. The van der Waals surface area contributed by atoms with Crippen molar-refractivity contribution in [1.29, 1.82) is 0 Å². The Morgan fingerprint density at radius 3 is 2.55 bits per heavy atom. The van der Waals surface area contributed by atoms with E-state index in [4.69, 9.17) is 18.9 Å². The van der Waals surface area contributed by atoms with Gasteiger partial charge in [0, 0.05) is 17.1 Å². The average molecular weight is 393 g/mol. The van der Waals surface area contributed by atoms with Gasteiger partial charge in [-0.05, 0) is 36.6 Å². The molecule has 0 spiro atoms. The van der Waals surface area contributed by atoms with Crippen molar-refractivity contribution in [3.63, 3.8) is 0 Å². The number of carbonyl (C=O) groups is 2. The second-order valence-corrected chi connectivity index (χ2v) is 6.47. The predicted molar refractivity (Wildman–Crippen MR) is 107 cm³/mol. The van der Waals surface area contributed by atoms with Crippen molar-refractivity contribution >= 4 is 28.3 Å². The highest BCUT2D eigenvalue weighted by Gasteiger charge is 2.22. The van der Waals surface area contributed by atoms with Gasteiger partial charge in [0.1, 0.15) is 5.75 Å². The number of rotatable bonds is 5. The summed E-state index contributed by atoms with van der Waals surface area (Å²) in [6, 6.07) is 15.8. The third kappa shape index (κ3) is 3.67. The summed E-state index contributed by atoms with van der Waals surface area (Å²) in [6.45, 7) is 1.67. The third-order valence-electron chi connectivity index (χ3n) is 4.62. The van der Waals surface area contributed by atoms with Crippen LogP contribution >= 0.6 is 0 Å². The quantitative estimate of drug-likeness (QED) is 0.665. The van der Waals surface area contributed by atoms with Crippen molar-refractivity contribution in [3.05, 3.63) is 60.2 Å². The maximum absolute atomic E-state index is 12.7. The van der Waals surface area contributed by atoms with Crippen LogP contribution in [0, 0.1) is 0 Å². The summed E-state index contributed by atoms with van der Waals surface area (Å²) in [5.41, 5.74) is 0.890. The fourth-order valence-corrected chi connectivity index (χ4v) is 3.12. The molecule has 0 unspecified atom stereocenters. The molecule has 0 bridgehead atoms. The Morgan fingerprint density at radius 2 is 1.76 bits per heavy atom. The van der Waals surface area contributed by atoms with Crippen LogP contribution in [0.25, 0.3) is 10.8 Å². The molecule has 0 saturated carbocycles.